The van der Waals surface area contributed by atoms with Gasteiger partial charge in [-0.25, -0.2) is 0 Å². The van der Waals surface area contributed by atoms with Crippen molar-refractivity contribution in [2.75, 3.05) is 25.5 Å². The number of ether oxygens (including phenoxy) is 1. The number of benzene rings is 1. The van der Waals surface area contributed by atoms with Crippen molar-refractivity contribution >= 4 is 35.3 Å². The highest BCUT2D eigenvalue weighted by Crippen LogP contribution is 2.17. The van der Waals surface area contributed by atoms with Crippen LogP contribution in [0, 0.1) is 5.92 Å². The largest absolute Gasteiger partial charge is 0.461 e. The number of hydrogen-bond donors (Lipinski definition) is 5. The summed E-state index contributed by atoms with van der Waals surface area (Å²) in [5.74, 6) is -2.39. The first-order valence-corrected chi connectivity index (χ1v) is 11.0. The molecule has 0 saturated carbocycles. The van der Waals surface area contributed by atoms with Crippen molar-refractivity contribution in [1.82, 2.24) is 21.3 Å². The first-order chi connectivity index (χ1) is 15.9. The molecule has 0 saturated heterocycles. The van der Waals surface area contributed by atoms with E-state index < -0.39 is 29.7 Å². The molecule has 1 unspecified atom stereocenters. The van der Waals surface area contributed by atoms with Gasteiger partial charge in [-0.05, 0) is 18.1 Å². The van der Waals surface area contributed by atoms with Crippen molar-refractivity contribution in [2.45, 2.75) is 53.3 Å². The summed E-state index contributed by atoms with van der Waals surface area (Å²) in [4.78, 5) is 60.2. The Labute approximate surface area is 199 Å². The topological polar surface area (TPSA) is 155 Å². The summed E-state index contributed by atoms with van der Waals surface area (Å²) >= 11 is 0. The van der Waals surface area contributed by atoms with Crippen LogP contribution in [0.15, 0.2) is 18.2 Å². The van der Waals surface area contributed by atoms with Gasteiger partial charge >= 0.3 is 5.97 Å². The number of nitrogens with one attached hydrogen (secondary N) is 5. The second-order valence-electron chi connectivity index (χ2n) is 8.32. The molecule has 1 atom stereocenters. The van der Waals surface area contributed by atoms with Crippen molar-refractivity contribution in [2.24, 2.45) is 5.92 Å². The van der Waals surface area contributed by atoms with Crippen molar-refractivity contribution in [3.05, 3.63) is 29.3 Å². The fourth-order valence-corrected chi connectivity index (χ4v) is 2.84. The van der Waals surface area contributed by atoms with E-state index in [0.717, 1.165) is 0 Å². The first-order valence-electron chi connectivity index (χ1n) is 11.0. The van der Waals surface area contributed by atoms with E-state index in [-0.39, 0.29) is 43.1 Å². The fourth-order valence-electron chi connectivity index (χ4n) is 2.84. The van der Waals surface area contributed by atoms with Gasteiger partial charge in [0, 0.05) is 36.8 Å². The predicted octanol–water partition coefficient (Wildman–Crippen LogP) is 0.303. The summed E-state index contributed by atoms with van der Waals surface area (Å²) in [6.07, 6.45) is 0. The Kier molecular flexibility index (Phi) is 11.7. The highest BCUT2D eigenvalue weighted by molar-refractivity contribution is 5.99. The number of rotatable bonds is 12. The molecule has 188 valence electrons. The summed E-state index contributed by atoms with van der Waals surface area (Å²) in [6.45, 7) is 8.32. The van der Waals surface area contributed by atoms with Gasteiger partial charge < -0.3 is 31.3 Å². The van der Waals surface area contributed by atoms with Crippen molar-refractivity contribution in [1.29, 1.82) is 0 Å². The van der Waals surface area contributed by atoms with Gasteiger partial charge in [0.05, 0.1) is 13.1 Å². The molecule has 0 fully saturated rings. The first kappa shape index (κ1) is 28.6. The maximum Gasteiger partial charge on any atom is 0.302 e. The molecule has 0 aliphatic carbocycles. The molecule has 0 heterocycles. The molecule has 11 nitrogen and oxygen atoms in total. The predicted molar refractivity (Wildman–Crippen MR) is 127 cm³/mol. The second-order valence-corrected chi connectivity index (χ2v) is 8.32. The van der Waals surface area contributed by atoms with Gasteiger partial charge in [0.25, 0.3) is 5.91 Å². The SMILES string of the molecule is CNC(=O)c1cc(NC(=O)CNC(=O)C(NC(=O)CNC(C)C)C(C)C)ccc1COC(C)=O. The highest BCUT2D eigenvalue weighted by Gasteiger charge is 2.24. The number of hydrogen-bond acceptors (Lipinski definition) is 7. The standard InChI is InChI=1S/C23H35N5O6/c1-13(2)21(28-20(31)10-25-14(3)4)23(33)26-11-19(30)27-17-8-7-16(12-34-15(5)29)18(9-17)22(32)24-6/h7-9,13-14,21,25H,10-12H2,1-6H3,(H,24,32)(H,26,33)(H,27,30)(H,28,31). The molecule has 0 aromatic heterocycles. The number of carbonyl (C=O) groups is 5. The molecule has 1 rings (SSSR count). The van der Waals surface area contributed by atoms with Gasteiger partial charge in [0.1, 0.15) is 12.6 Å². The molecule has 0 aliphatic rings. The van der Waals surface area contributed by atoms with Crippen LogP contribution in [-0.4, -0.2) is 61.8 Å². The van der Waals surface area contributed by atoms with Crippen molar-refractivity contribution in [3.8, 4) is 0 Å². The molecule has 0 radical (unpaired) electrons. The Bertz CT molecular complexity index is 900. The molecule has 0 bridgehead atoms. The third-order valence-electron chi connectivity index (χ3n) is 4.66. The Morgan fingerprint density at radius 1 is 0.971 bits per heavy atom. The third-order valence-corrected chi connectivity index (χ3v) is 4.66. The van der Waals surface area contributed by atoms with Crippen LogP contribution in [0.25, 0.3) is 0 Å². The number of amides is 4. The maximum absolute atomic E-state index is 12.5. The summed E-state index contributed by atoms with van der Waals surface area (Å²) in [6, 6.07) is 3.91. The molecule has 0 spiro atoms. The van der Waals surface area contributed by atoms with Crippen LogP contribution in [0.2, 0.25) is 0 Å². The monoisotopic (exact) mass is 477 g/mol. The molecule has 0 aliphatic heterocycles. The zero-order valence-corrected chi connectivity index (χ0v) is 20.5. The molecule has 11 heteroatoms. The van der Waals surface area contributed by atoms with Gasteiger partial charge in [-0.3, -0.25) is 24.0 Å². The number of esters is 1. The van der Waals surface area contributed by atoms with E-state index in [2.05, 4.69) is 26.6 Å². The molecular formula is C23H35N5O6. The van der Waals surface area contributed by atoms with Crippen LogP contribution in [0.4, 0.5) is 5.69 Å². The Balaban J connectivity index is 2.75. The second kappa shape index (κ2) is 13.9. The Hall–Kier alpha value is -3.47. The van der Waals surface area contributed by atoms with E-state index in [1.807, 2.05) is 13.8 Å². The quantitative estimate of drug-likeness (QED) is 0.271. The minimum atomic E-state index is -0.797. The lowest BCUT2D eigenvalue weighted by Gasteiger charge is -2.22. The lowest BCUT2D eigenvalue weighted by molar-refractivity contribution is -0.142. The minimum Gasteiger partial charge on any atom is -0.461 e. The lowest BCUT2D eigenvalue weighted by atomic mass is 10.0. The third kappa shape index (κ3) is 9.99. The van der Waals surface area contributed by atoms with E-state index in [1.54, 1.807) is 26.0 Å². The van der Waals surface area contributed by atoms with Crippen LogP contribution in [-0.2, 0) is 30.5 Å². The minimum absolute atomic E-state index is 0.0791. The zero-order chi connectivity index (χ0) is 25.8. The summed E-state index contributed by atoms with van der Waals surface area (Å²) in [7, 11) is 1.46. The molecular weight excluding hydrogens is 442 g/mol. The van der Waals surface area contributed by atoms with E-state index in [4.69, 9.17) is 4.74 Å². The summed E-state index contributed by atoms with van der Waals surface area (Å²) < 4.78 is 4.96. The van der Waals surface area contributed by atoms with Gasteiger partial charge in [-0.15, -0.1) is 0 Å². The molecule has 34 heavy (non-hydrogen) atoms. The van der Waals surface area contributed by atoms with Crippen LogP contribution in [0.1, 0.15) is 50.5 Å². The van der Waals surface area contributed by atoms with E-state index in [0.29, 0.717) is 11.3 Å². The van der Waals surface area contributed by atoms with Crippen LogP contribution in [0.5, 0.6) is 0 Å². The van der Waals surface area contributed by atoms with E-state index in [9.17, 15) is 24.0 Å². The van der Waals surface area contributed by atoms with Gasteiger partial charge in [-0.1, -0.05) is 33.8 Å². The average Bonchev–Trinajstić information content (AvgIpc) is 2.77. The Morgan fingerprint density at radius 3 is 2.21 bits per heavy atom. The maximum atomic E-state index is 12.5. The molecule has 5 N–H and O–H groups in total. The van der Waals surface area contributed by atoms with E-state index in [1.165, 1.54) is 20.0 Å². The van der Waals surface area contributed by atoms with E-state index >= 15 is 0 Å². The number of carbonyl (C=O) groups excluding carboxylic acids is 5. The average molecular weight is 478 g/mol. The van der Waals surface area contributed by atoms with Crippen molar-refractivity contribution in [3.63, 3.8) is 0 Å². The molecule has 1 aromatic carbocycles. The van der Waals surface area contributed by atoms with Crippen LogP contribution in [0.3, 0.4) is 0 Å². The van der Waals surface area contributed by atoms with Gasteiger partial charge in [0.15, 0.2) is 0 Å². The van der Waals surface area contributed by atoms with Crippen LogP contribution >= 0.6 is 0 Å². The Morgan fingerprint density at radius 2 is 1.65 bits per heavy atom. The molecule has 1 aromatic rings. The smallest absolute Gasteiger partial charge is 0.302 e. The molecule has 4 amide bonds. The van der Waals surface area contributed by atoms with Crippen LogP contribution < -0.4 is 26.6 Å². The lowest BCUT2D eigenvalue weighted by Crippen LogP contribution is -2.52. The van der Waals surface area contributed by atoms with Crippen molar-refractivity contribution < 1.29 is 28.7 Å². The summed E-state index contributed by atoms with van der Waals surface area (Å²) in [5, 5.41) is 13.3. The van der Waals surface area contributed by atoms with Gasteiger partial charge in [0.2, 0.25) is 17.7 Å². The summed E-state index contributed by atoms with van der Waals surface area (Å²) in [5.41, 5.74) is 1.05. The highest BCUT2D eigenvalue weighted by atomic mass is 16.5. The fraction of sp³-hybridized carbons (Fsp3) is 0.522. The number of anilines is 1. The van der Waals surface area contributed by atoms with Gasteiger partial charge in [-0.2, -0.15) is 0 Å². The normalized spacial score (nSPS) is 11.5. The zero-order valence-electron chi connectivity index (χ0n) is 20.5.